The Morgan fingerprint density at radius 1 is 1.33 bits per heavy atom. The molecule has 1 aromatic rings. The van der Waals surface area contributed by atoms with Gasteiger partial charge in [-0.3, -0.25) is 4.79 Å². The van der Waals surface area contributed by atoms with Gasteiger partial charge in [0, 0.05) is 12.2 Å². The molecule has 0 bridgehead atoms. The van der Waals surface area contributed by atoms with Gasteiger partial charge in [-0.1, -0.05) is 17.7 Å². The van der Waals surface area contributed by atoms with Crippen molar-refractivity contribution in [3.05, 3.63) is 29.8 Å². The van der Waals surface area contributed by atoms with Crippen molar-refractivity contribution >= 4 is 28.9 Å². The lowest BCUT2D eigenvalue weighted by Crippen LogP contribution is -2.46. The van der Waals surface area contributed by atoms with Gasteiger partial charge in [-0.2, -0.15) is 0 Å². The molecule has 0 aliphatic rings. The highest BCUT2D eigenvalue weighted by atomic mass is 32.1. The number of hydrogen-bond acceptors (Lipinski definition) is 2. The van der Waals surface area contributed by atoms with Gasteiger partial charge in [-0.25, -0.2) is 0 Å². The first-order valence-corrected chi connectivity index (χ1v) is 6.35. The summed E-state index contributed by atoms with van der Waals surface area (Å²) in [7, 11) is 0. The lowest BCUT2D eigenvalue weighted by Gasteiger charge is -2.16. The van der Waals surface area contributed by atoms with Gasteiger partial charge in [-0.05, 0) is 45.1 Å². The van der Waals surface area contributed by atoms with E-state index in [1.807, 2.05) is 38.1 Å². The van der Waals surface area contributed by atoms with Crippen LogP contribution in [-0.2, 0) is 4.79 Å². The summed E-state index contributed by atoms with van der Waals surface area (Å²) >= 11 is 5.15. The lowest BCUT2D eigenvalue weighted by atomic mass is 10.2. The van der Waals surface area contributed by atoms with Gasteiger partial charge in [0.15, 0.2) is 5.11 Å². The van der Waals surface area contributed by atoms with Crippen molar-refractivity contribution in [3.8, 4) is 0 Å². The quantitative estimate of drug-likeness (QED) is 0.727. The number of anilines is 1. The Morgan fingerprint density at radius 3 is 2.50 bits per heavy atom. The second kappa shape index (κ2) is 6.96. The second-order valence-electron chi connectivity index (χ2n) is 4.08. The molecule has 1 rings (SSSR count). The Balaban J connectivity index is 2.46. The number of likely N-dealkylation sites (N-methyl/N-ethyl adjacent to an activating group) is 1. The van der Waals surface area contributed by atoms with Crippen molar-refractivity contribution in [2.45, 2.75) is 26.8 Å². The predicted molar refractivity (Wildman–Crippen MR) is 78.7 cm³/mol. The summed E-state index contributed by atoms with van der Waals surface area (Å²) in [6.07, 6.45) is 0. The summed E-state index contributed by atoms with van der Waals surface area (Å²) in [5.74, 6) is -0.0643. The highest BCUT2D eigenvalue weighted by Gasteiger charge is 2.12. The molecule has 0 spiro atoms. The first-order valence-electron chi connectivity index (χ1n) is 5.94. The minimum absolute atomic E-state index is 0.0643. The smallest absolute Gasteiger partial charge is 0.242 e. The second-order valence-corrected chi connectivity index (χ2v) is 4.49. The molecule has 1 amide bonds. The molecule has 0 radical (unpaired) electrons. The van der Waals surface area contributed by atoms with E-state index < -0.39 is 0 Å². The lowest BCUT2D eigenvalue weighted by molar-refractivity contribution is -0.122. The zero-order valence-corrected chi connectivity index (χ0v) is 11.7. The number of amides is 1. The van der Waals surface area contributed by atoms with Crippen LogP contribution in [0.3, 0.4) is 0 Å². The highest BCUT2D eigenvalue weighted by Crippen LogP contribution is 2.08. The van der Waals surface area contributed by atoms with E-state index in [0.717, 1.165) is 5.69 Å². The first kappa shape index (κ1) is 14.4. The van der Waals surface area contributed by atoms with E-state index in [2.05, 4.69) is 16.0 Å². The number of carbonyl (C=O) groups is 1. The third kappa shape index (κ3) is 4.71. The fraction of sp³-hybridized carbons (Fsp3) is 0.385. The molecule has 0 aliphatic carbocycles. The monoisotopic (exact) mass is 265 g/mol. The maximum atomic E-state index is 11.5. The van der Waals surface area contributed by atoms with E-state index in [0.29, 0.717) is 11.7 Å². The zero-order valence-electron chi connectivity index (χ0n) is 10.9. The van der Waals surface area contributed by atoms with Crippen molar-refractivity contribution in [2.24, 2.45) is 0 Å². The Hall–Kier alpha value is -1.62. The van der Waals surface area contributed by atoms with Gasteiger partial charge >= 0.3 is 0 Å². The number of rotatable bonds is 4. The molecular weight excluding hydrogens is 246 g/mol. The average Bonchev–Trinajstić information content (AvgIpc) is 2.32. The van der Waals surface area contributed by atoms with Crippen molar-refractivity contribution in [1.29, 1.82) is 0 Å². The number of nitrogens with one attached hydrogen (secondary N) is 3. The fourth-order valence-electron chi connectivity index (χ4n) is 1.39. The van der Waals surface area contributed by atoms with Crippen LogP contribution in [0.25, 0.3) is 0 Å². The minimum atomic E-state index is -0.351. The molecule has 0 aromatic heterocycles. The van der Waals surface area contributed by atoms with Crippen molar-refractivity contribution in [1.82, 2.24) is 10.6 Å². The molecule has 1 atom stereocenters. The molecule has 4 nitrogen and oxygen atoms in total. The summed E-state index contributed by atoms with van der Waals surface area (Å²) in [5.41, 5.74) is 2.09. The van der Waals surface area contributed by atoms with Crippen LogP contribution in [0.2, 0.25) is 0 Å². The van der Waals surface area contributed by atoms with Gasteiger partial charge in [0.2, 0.25) is 5.91 Å². The van der Waals surface area contributed by atoms with Gasteiger partial charge in [0.1, 0.15) is 6.04 Å². The third-order valence-electron chi connectivity index (χ3n) is 2.40. The van der Waals surface area contributed by atoms with Crippen LogP contribution in [0.4, 0.5) is 5.69 Å². The van der Waals surface area contributed by atoms with E-state index in [1.165, 1.54) is 5.56 Å². The molecule has 0 aliphatic heterocycles. The van der Waals surface area contributed by atoms with Crippen molar-refractivity contribution < 1.29 is 4.79 Å². The van der Waals surface area contributed by atoms with Crippen molar-refractivity contribution in [2.75, 3.05) is 11.9 Å². The molecule has 0 heterocycles. The van der Waals surface area contributed by atoms with E-state index in [1.54, 1.807) is 6.92 Å². The van der Waals surface area contributed by atoms with Gasteiger partial charge < -0.3 is 16.0 Å². The van der Waals surface area contributed by atoms with Crippen LogP contribution >= 0.6 is 12.2 Å². The van der Waals surface area contributed by atoms with Crippen LogP contribution in [0.1, 0.15) is 19.4 Å². The predicted octanol–water partition coefficient (Wildman–Crippen LogP) is 1.81. The van der Waals surface area contributed by atoms with Crippen LogP contribution in [0.5, 0.6) is 0 Å². The summed E-state index contributed by atoms with van der Waals surface area (Å²) in [4.78, 5) is 11.5. The van der Waals surface area contributed by atoms with E-state index in [9.17, 15) is 4.79 Å². The maximum Gasteiger partial charge on any atom is 0.242 e. The molecule has 98 valence electrons. The van der Waals surface area contributed by atoms with Gasteiger partial charge in [0.25, 0.3) is 0 Å². The Kier molecular flexibility index (Phi) is 5.58. The van der Waals surface area contributed by atoms with Crippen LogP contribution in [-0.4, -0.2) is 23.6 Å². The summed E-state index contributed by atoms with van der Waals surface area (Å²) in [6, 6.07) is 7.53. The molecular formula is C13H19N3OS. The van der Waals surface area contributed by atoms with Crippen LogP contribution in [0.15, 0.2) is 24.3 Å². The van der Waals surface area contributed by atoms with E-state index in [4.69, 9.17) is 12.2 Å². The van der Waals surface area contributed by atoms with Crippen molar-refractivity contribution in [3.63, 3.8) is 0 Å². The Labute approximate surface area is 113 Å². The number of aryl methyl sites for hydroxylation is 1. The van der Waals surface area contributed by atoms with E-state index in [-0.39, 0.29) is 11.9 Å². The molecule has 0 saturated heterocycles. The standard InChI is InChI=1S/C13H19N3OS/c1-4-14-12(17)10(3)15-13(18)16-11-7-5-9(2)6-8-11/h5-8,10H,4H2,1-3H3,(H,14,17)(H2,15,16,18)/t10-/m0/s1. The summed E-state index contributed by atoms with van der Waals surface area (Å²) in [6.45, 7) is 6.29. The summed E-state index contributed by atoms with van der Waals surface area (Å²) in [5, 5.41) is 9.15. The molecule has 0 unspecified atom stereocenters. The number of benzene rings is 1. The molecule has 0 saturated carbocycles. The molecule has 1 aromatic carbocycles. The van der Waals surface area contributed by atoms with Crippen LogP contribution < -0.4 is 16.0 Å². The summed E-state index contributed by atoms with van der Waals surface area (Å²) < 4.78 is 0. The number of hydrogen-bond donors (Lipinski definition) is 3. The average molecular weight is 265 g/mol. The fourth-order valence-corrected chi connectivity index (χ4v) is 1.69. The largest absolute Gasteiger partial charge is 0.355 e. The van der Waals surface area contributed by atoms with Gasteiger partial charge in [0.05, 0.1) is 0 Å². The SMILES string of the molecule is CCNC(=O)[C@H](C)NC(=S)Nc1ccc(C)cc1. The molecule has 3 N–H and O–H groups in total. The van der Waals surface area contributed by atoms with E-state index >= 15 is 0 Å². The number of thiocarbonyl (C=S) groups is 1. The van der Waals surface area contributed by atoms with Gasteiger partial charge in [-0.15, -0.1) is 0 Å². The topological polar surface area (TPSA) is 53.2 Å². The molecule has 5 heteroatoms. The maximum absolute atomic E-state index is 11.5. The van der Waals surface area contributed by atoms with Crippen LogP contribution in [0, 0.1) is 6.92 Å². The Morgan fingerprint density at radius 2 is 1.94 bits per heavy atom. The molecule has 0 fully saturated rings. The zero-order chi connectivity index (χ0) is 13.5. The minimum Gasteiger partial charge on any atom is -0.355 e. The number of carbonyl (C=O) groups excluding carboxylic acids is 1. The highest BCUT2D eigenvalue weighted by molar-refractivity contribution is 7.80. The normalized spacial score (nSPS) is 11.5. The third-order valence-corrected chi connectivity index (χ3v) is 2.62. The Bertz CT molecular complexity index is 417. The molecule has 18 heavy (non-hydrogen) atoms. The first-order chi connectivity index (χ1) is 8.52.